The molecule has 1 heterocycles. The number of benzene rings is 1. The first-order chi connectivity index (χ1) is 9.99. The molecule has 0 bridgehead atoms. The third-order valence-corrected chi connectivity index (χ3v) is 4.59. The zero-order valence-electron chi connectivity index (χ0n) is 13.6. The van der Waals surface area contributed by atoms with Crippen LogP contribution in [0.25, 0.3) is 0 Å². The Morgan fingerprint density at radius 3 is 2.19 bits per heavy atom. The molecule has 2 aromatic rings. The van der Waals surface area contributed by atoms with Gasteiger partial charge in [0.05, 0.1) is 0 Å². The zero-order chi connectivity index (χ0) is 15.3. The summed E-state index contributed by atoms with van der Waals surface area (Å²) in [6.45, 7) is 10.00. The van der Waals surface area contributed by atoms with Crippen LogP contribution in [0.2, 0.25) is 0 Å². The number of likely N-dealkylation sites (N-methyl/N-ethyl adjacent to an activating group) is 1. The average Bonchev–Trinajstić information content (AvgIpc) is 2.91. The van der Waals surface area contributed by atoms with E-state index in [0.29, 0.717) is 6.04 Å². The third kappa shape index (κ3) is 4.98. The predicted octanol–water partition coefficient (Wildman–Crippen LogP) is 4.81. The second-order valence-electron chi connectivity index (χ2n) is 6.74. The Morgan fingerprint density at radius 2 is 1.67 bits per heavy atom. The predicted molar refractivity (Wildman–Crippen MR) is 94.3 cm³/mol. The van der Waals surface area contributed by atoms with E-state index in [1.54, 1.807) is 11.3 Å². The molecule has 1 nitrogen and oxygen atoms in total. The first kappa shape index (κ1) is 16.3. The van der Waals surface area contributed by atoms with Crippen LogP contribution in [0.4, 0.5) is 0 Å². The Kier molecular flexibility index (Phi) is 5.60. The topological polar surface area (TPSA) is 12.0 Å². The highest BCUT2D eigenvalue weighted by molar-refractivity contribution is 7.07. The number of hydrogen-bond acceptors (Lipinski definition) is 2. The zero-order valence-corrected chi connectivity index (χ0v) is 14.5. The van der Waals surface area contributed by atoms with Gasteiger partial charge in [-0.15, -0.1) is 0 Å². The van der Waals surface area contributed by atoms with Gasteiger partial charge in [-0.1, -0.05) is 52.0 Å². The number of hydrogen-bond donors (Lipinski definition) is 1. The van der Waals surface area contributed by atoms with Crippen LogP contribution in [-0.4, -0.2) is 12.6 Å². The molecule has 0 aliphatic carbocycles. The van der Waals surface area contributed by atoms with Gasteiger partial charge in [-0.2, -0.15) is 11.3 Å². The largest absolute Gasteiger partial charge is 0.314 e. The highest BCUT2D eigenvalue weighted by Gasteiger charge is 2.14. The summed E-state index contributed by atoms with van der Waals surface area (Å²) in [5.74, 6) is 0. The van der Waals surface area contributed by atoms with E-state index < -0.39 is 0 Å². The maximum absolute atomic E-state index is 3.62. The molecule has 2 rings (SSSR count). The molecule has 114 valence electrons. The molecule has 0 saturated carbocycles. The van der Waals surface area contributed by atoms with Crippen LogP contribution in [-0.2, 0) is 18.3 Å². The fourth-order valence-electron chi connectivity index (χ4n) is 2.62. The third-order valence-electron chi connectivity index (χ3n) is 3.86. The van der Waals surface area contributed by atoms with Gasteiger partial charge in [0.1, 0.15) is 0 Å². The van der Waals surface area contributed by atoms with Gasteiger partial charge in [0.25, 0.3) is 0 Å². The van der Waals surface area contributed by atoms with Gasteiger partial charge in [-0.25, -0.2) is 0 Å². The van der Waals surface area contributed by atoms with Crippen molar-refractivity contribution in [1.29, 1.82) is 0 Å². The van der Waals surface area contributed by atoms with Crippen LogP contribution in [0, 0.1) is 0 Å². The molecule has 0 fully saturated rings. The summed E-state index contributed by atoms with van der Waals surface area (Å²) in [6.07, 6.45) is 2.20. The molecule has 1 atom stereocenters. The summed E-state index contributed by atoms with van der Waals surface area (Å²) in [4.78, 5) is 0. The monoisotopic (exact) mass is 301 g/mol. The highest BCUT2D eigenvalue weighted by atomic mass is 32.1. The van der Waals surface area contributed by atoms with Crippen molar-refractivity contribution in [2.45, 2.75) is 52.0 Å². The summed E-state index contributed by atoms with van der Waals surface area (Å²) >= 11 is 1.78. The molecule has 1 N–H and O–H groups in total. The van der Waals surface area contributed by atoms with Crippen molar-refractivity contribution in [3.05, 3.63) is 57.8 Å². The minimum Gasteiger partial charge on any atom is -0.314 e. The van der Waals surface area contributed by atoms with E-state index in [2.05, 4.69) is 74.1 Å². The molecule has 1 aromatic carbocycles. The second-order valence-corrected chi connectivity index (χ2v) is 7.52. The Hall–Kier alpha value is -1.12. The minimum atomic E-state index is 0.232. The number of nitrogens with one attached hydrogen (secondary N) is 1. The SMILES string of the molecule is CCNC(Cc1ccc(C(C)(C)C)cc1)Cc1ccsc1. The van der Waals surface area contributed by atoms with Gasteiger partial charge >= 0.3 is 0 Å². The maximum atomic E-state index is 3.62. The van der Waals surface area contributed by atoms with Crippen LogP contribution >= 0.6 is 11.3 Å². The normalized spacial score (nSPS) is 13.3. The van der Waals surface area contributed by atoms with Gasteiger partial charge in [0.15, 0.2) is 0 Å². The van der Waals surface area contributed by atoms with E-state index in [0.717, 1.165) is 19.4 Å². The summed E-state index contributed by atoms with van der Waals surface area (Å²) in [5.41, 5.74) is 4.50. The lowest BCUT2D eigenvalue weighted by atomic mass is 9.86. The van der Waals surface area contributed by atoms with Crippen molar-refractivity contribution in [3.63, 3.8) is 0 Å². The lowest BCUT2D eigenvalue weighted by molar-refractivity contribution is 0.521. The van der Waals surface area contributed by atoms with Gasteiger partial charge in [0.2, 0.25) is 0 Å². The van der Waals surface area contributed by atoms with E-state index in [1.807, 2.05) is 0 Å². The van der Waals surface area contributed by atoms with Gasteiger partial charge < -0.3 is 5.32 Å². The standard InChI is InChI=1S/C19H27NS/c1-5-20-18(13-16-10-11-21-14-16)12-15-6-8-17(9-7-15)19(2,3)4/h6-11,14,18,20H,5,12-13H2,1-4H3. The maximum Gasteiger partial charge on any atom is 0.0148 e. The van der Waals surface area contributed by atoms with E-state index in [4.69, 9.17) is 0 Å². The van der Waals surface area contributed by atoms with Crippen LogP contribution in [0.5, 0.6) is 0 Å². The summed E-state index contributed by atoms with van der Waals surface area (Å²) in [5, 5.41) is 8.04. The Labute approximate surface area is 133 Å². The van der Waals surface area contributed by atoms with E-state index in [9.17, 15) is 0 Å². The lowest BCUT2D eigenvalue weighted by Crippen LogP contribution is -2.32. The molecular weight excluding hydrogens is 274 g/mol. The summed E-state index contributed by atoms with van der Waals surface area (Å²) in [7, 11) is 0. The average molecular weight is 301 g/mol. The Bertz CT molecular complexity index is 520. The van der Waals surface area contributed by atoms with Crippen molar-refractivity contribution in [3.8, 4) is 0 Å². The first-order valence-corrected chi connectivity index (χ1v) is 8.77. The Morgan fingerprint density at radius 1 is 1.00 bits per heavy atom. The van der Waals surface area contributed by atoms with Crippen molar-refractivity contribution in [2.24, 2.45) is 0 Å². The van der Waals surface area contributed by atoms with Gasteiger partial charge in [0, 0.05) is 6.04 Å². The molecule has 1 unspecified atom stereocenters. The van der Waals surface area contributed by atoms with Crippen LogP contribution in [0.15, 0.2) is 41.1 Å². The minimum absolute atomic E-state index is 0.232. The molecule has 0 aliphatic rings. The van der Waals surface area contributed by atoms with Gasteiger partial charge in [-0.05, 0) is 58.3 Å². The highest BCUT2D eigenvalue weighted by Crippen LogP contribution is 2.22. The second kappa shape index (κ2) is 7.24. The first-order valence-electron chi connectivity index (χ1n) is 7.83. The van der Waals surface area contributed by atoms with E-state index in [1.165, 1.54) is 16.7 Å². The van der Waals surface area contributed by atoms with Gasteiger partial charge in [-0.3, -0.25) is 0 Å². The van der Waals surface area contributed by atoms with Crippen LogP contribution in [0.1, 0.15) is 44.4 Å². The fourth-order valence-corrected chi connectivity index (χ4v) is 3.31. The number of rotatable bonds is 6. The lowest BCUT2D eigenvalue weighted by Gasteiger charge is -2.21. The molecule has 21 heavy (non-hydrogen) atoms. The quantitative estimate of drug-likeness (QED) is 0.807. The molecular formula is C19H27NS. The fraction of sp³-hybridized carbons (Fsp3) is 0.474. The van der Waals surface area contributed by atoms with Crippen molar-refractivity contribution in [1.82, 2.24) is 5.32 Å². The van der Waals surface area contributed by atoms with Crippen LogP contribution in [0.3, 0.4) is 0 Å². The van der Waals surface area contributed by atoms with E-state index in [-0.39, 0.29) is 5.41 Å². The van der Waals surface area contributed by atoms with E-state index >= 15 is 0 Å². The van der Waals surface area contributed by atoms with Crippen molar-refractivity contribution in [2.75, 3.05) is 6.54 Å². The van der Waals surface area contributed by atoms with Crippen molar-refractivity contribution < 1.29 is 0 Å². The molecule has 0 amide bonds. The molecule has 0 aliphatic heterocycles. The van der Waals surface area contributed by atoms with Crippen LogP contribution < -0.4 is 5.32 Å². The molecule has 1 aromatic heterocycles. The number of thiophene rings is 1. The Balaban J connectivity index is 2.02. The smallest absolute Gasteiger partial charge is 0.0148 e. The molecule has 0 saturated heterocycles. The summed E-state index contributed by atoms with van der Waals surface area (Å²) < 4.78 is 0. The molecule has 0 spiro atoms. The molecule has 0 radical (unpaired) electrons. The van der Waals surface area contributed by atoms with Crippen molar-refractivity contribution >= 4 is 11.3 Å². The summed E-state index contributed by atoms with van der Waals surface area (Å²) in [6, 6.07) is 11.9. The molecule has 2 heteroatoms.